The molecule has 0 radical (unpaired) electrons. The zero-order valence-corrected chi connectivity index (χ0v) is 15.2. The second-order valence-electron chi connectivity index (χ2n) is 6.03. The van der Waals surface area contributed by atoms with Crippen LogP contribution in [-0.2, 0) is 6.54 Å². The highest BCUT2D eigenvalue weighted by Crippen LogP contribution is 2.33. The van der Waals surface area contributed by atoms with E-state index in [1.807, 2.05) is 24.4 Å². The number of hydrogen-bond donors (Lipinski definition) is 0. The van der Waals surface area contributed by atoms with Crippen molar-refractivity contribution in [2.75, 3.05) is 20.8 Å². The molecule has 0 saturated heterocycles. The molecule has 0 N–H and O–H groups in total. The molecular formula is C20H28N2O2. The van der Waals surface area contributed by atoms with E-state index in [1.54, 1.807) is 13.3 Å². The number of para-hydroxylation sites is 1. The fraction of sp³-hybridized carbons (Fsp3) is 0.450. The second-order valence-corrected chi connectivity index (χ2v) is 6.03. The van der Waals surface area contributed by atoms with Crippen LogP contribution in [-0.4, -0.2) is 30.6 Å². The van der Waals surface area contributed by atoms with Gasteiger partial charge < -0.3 is 9.47 Å². The van der Waals surface area contributed by atoms with E-state index in [0.29, 0.717) is 6.61 Å². The van der Waals surface area contributed by atoms with Crippen molar-refractivity contribution in [1.82, 2.24) is 9.88 Å². The van der Waals surface area contributed by atoms with Crippen LogP contribution in [0.5, 0.6) is 11.5 Å². The Bertz CT molecular complexity index is 616. The third-order valence-electron chi connectivity index (χ3n) is 4.27. The van der Waals surface area contributed by atoms with Crippen LogP contribution in [0.4, 0.5) is 0 Å². The first-order valence-corrected chi connectivity index (χ1v) is 8.56. The highest BCUT2D eigenvalue weighted by Gasteiger charge is 2.16. The van der Waals surface area contributed by atoms with Gasteiger partial charge in [0.15, 0.2) is 11.5 Å². The van der Waals surface area contributed by atoms with E-state index in [4.69, 9.17) is 9.47 Å². The van der Waals surface area contributed by atoms with Crippen LogP contribution in [0.15, 0.2) is 42.7 Å². The molecule has 0 saturated carbocycles. The van der Waals surface area contributed by atoms with Crippen LogP contribution in [0.1, 0.15) is 43.9 Å². The van der Waals surface area contributed by atoms with Crippen LogP contribution in [0.2, 0.25) is 0 Å². The van der Waals surface area contributed by atoms with E-state index in [1.165, 1.54) is 5.56 Å². The lowest BCUT2D eigenvalue weighted by atomic mass is 10.1. The van der Waals surface area contributed by atoms with E-state index in [9.17, 15) is 0 Å². The monoisotopic (exact) mass is 328 g/mol. The molecule has 1 atom stereocenters. The van der Waals surface area contributed by atoms with E-state index in [0.717, 1.165) is 36.4 Å². The van der Waals surface area contributed by atoms with Gasteiger partial charge in [0.1, 0.15) is 0 Å². The summed E-state index contributed by atoms with van der Waals surface area (Å²) in [5, 5.41) is 0. The maximum atomic E-state index is 6.02. The van der Waals surface area contributed by atoms with Gasteiger partial charge in [0.05, 0.1) is 13.7 Å². The quantitative estimate of drug-likeness (QED) is 0.636. The number of aromatic nitrogens is 1. The SMILES string of the molecule is CCCCOc1c(CN(C)[C@@H](C)c2cccnc2)cccc1OC. The van der Waals surface area contributed by atoms with Crippen LogP contribution in [0.25, 0.3) is 0 Å². The highest BCUT2D eigenvalue weighted by atomic mass is 16.5. The standard InChI is InChI=1S/C20H28N2O2/c1-5-6-13-24-20-18(9-7-11-19(20)23-4)15-22(3)16(2)17-10-8-12-21-14-17/h7-12,14,16H,5-6,13,15H2,1-4H3/t16-/m0/s1. The Hall–Kier alpha value is -2.07. The van der Waals surface area contributed by atoms with Crippen molar-refractivity contribution in [3.63, 3.8) is 0 Å². The minimum atomic E-state index is 0.272. The van der Waals surface area contributed by atoms with Gasteiger partial charge >= 0.3 is 0 Å². The molecule has 2 rings (SSSR count). The molecule has 0 fully saturated rings. The average Bonchev–Trinajstić information content (AvgIpc) is 2.63. The normalized spacial score (nSPS) is 12.2. The molecule has 24 heavy (non-hydrogen) atoms. The summed E-state index contributed by atoms with van der Waals surface area (Å²) in [6.45, 7) is 5.85. The van der Waals surface area contributed by atoms with Crippen LogP contribution < -0.4 is 9.47 Å². The smallest absolute Gasteiger partial charge is 0.165 e. The molecule has 4 heteroatoms. The van der Waals surface area contributed by atoms with E-state index in [-0.39, 0.29) is 6.04 Å². The van der Waals surface area contributed by atoms with Crippen molar-refractivity contribution < 1.29 is 9.47 Å². The third kappa shape index (κ3) is 4.71. The fourth-order valence-electron chi connectivity index (χ4n) is 2.61. The summed E-state index contributed by atoms with van der Waals surface area (Å²) in [6, 6.07) is 10.4. The Kier molecular flexibility index (Phi) is 7.07. The predicted molar refractivity (Wildman–Crippen MR) is 97.5 cm³/mol. The van der Waals surface area contributed by atoms with Gasteiger partial charge in [0, 0.05) is 30.5 Å². The van der Waals surface area contributed by atoms with Crippen LogP contribution in [0.3, 0.4) is 0 Å². The molecule has 0 unspecified atom stereocenters. The summed E-state index contributed by atoms with van der Waals surface area (Å²) >= 11 is 0. The molecule has 0 aliphatic heterocycles. The number of pyridine rings is 1. The number of nitrogens with zero attached hydrogens (tertiary/aromatic N) is 2. The van der Waals surface area contributed by atoms with E-state index >= 15 is 0 Å². The van der Waals surface area contributed by atoms with Crippen molar-refractivity contribution in [1.29, 1.82) is 0 Å². The summed E-state index contributed by atoms with van der Waals surface area (Å²) in [5.41, 5.74) is 2.35. The lowest BCUT2D eigenvalue weighted by Crippen LogP contribution is -2.22. The number of unbranched alkanes of at least 4 members (excludes halogenated alkanes) is 1. The van der Waals surface area contributed by atoms with Crippen molar-refractivity contribution in [3.05, 3.63) is 53.9 Å². The van der Waals surface area contributed by atoms with Crippen molar-refractivity contribution in [2.24, 2.45) is 0 Å². The second kappa shape index (κ2) is 9.28. The van der Waals surface area contributed by atoms with E-state index < -0.39 is 0 Å². The molecule has 130 valence electrons. The van der Waals surface area contributed by atoms with Crippen molar-refractivity contribution in [2.45, 2.75) is 39.3 Å². The van der Waals surface area contributed by atoms with Crippen molar-refractivity contribution in [3.8, 4) is 11.5 Å². The first kappa shape index (κ1) is 18.3. The summed E-state index contributed by atoms with van der Waals surface area (Å²) in [4.78, 5) is 6.51. The van der Waals surface area contributed by atoms with Gasteiger partial charge in [-0.15, -0.1) is 0 Å². The van der Waals surface area contributed by atoms with E-state index in [2.05, 4.69) is 42.9 Å². The van der Waals surface area contributed by atoms with Crippen LogP contribution >= 0.6 is 0 Å². The van der Waals surface area contributed by atoms with Gasteiger partial charge in [0.25, 0.3) is 0 Å². The molecule has 1 heterocycles. The number of ether oxygens (including phenoxy) is 2. The first-order chi connectivity index (χ1) is 11.7. The molecule has 2 aromatic rings. The van der Waals surface area contributed by atoms with Gasteiger partial charge in [-0.25, -0.2) is 0 Å². The number of rotatable bonds is 9. The number of hydrogen-bond acceptors (Lipinski definition) is 4. The van der Waals surface area contributed by atoms with Gasteiger partial charge in [0.2, 0.25) is 0 Å². The highest BCUT2D eigenvalue weighted by molar-refractivity contribution is 5.46. The molecule has 0 aliphatic carbocycles. The minimum absolute atomic E-state index is 0.272. The molecule has 1 aromatic carbocycles. The summed E-state index contributed by atoms with van der Waals surface area (Å²) in [6.07, 6.45) is 5.88. The first-order valence-electron chi connectivity index (χ1n) is 8.56. The molecule has 4 nitrogen and oxygen atoms in total. The zero-order chi connectivity index (χ0) is 17.4. The number of benzene rings is 1. The average molecular weight is 328 g/mol. The molecule has 0 amide bonds. The Morgan fingerprint density at radius 1 is 1.21 bits per heavy atom. The molecule has 0 aliphatic rings. The Labute approximate surface area is 145 Å². The Balaban J connectivity index is 2.15. The summed E-state index contributed by atoms with van der Waals surface area (Å²) < 4.78 is 11.5. The van der Waals surface area contributed by atoms with Crippen LogP contribution in [0, 0.1) is 0 Å². The number of methoxy groups -OCH3 is 1. The lowest BCUT2D eigenvalue weighted by molar-refractivity contribution is 0.239. The van der Waals surface area contributed by atoms with Crippen molar-refractivity contribution >= 4 is 0 Å². The predicted octanol–water partition coefficient (Wildman–Crippen LogP) is 4.46. The topological polar surface area (TPSA) is 34.6 Å². The Morgan fingerprint density at radius 3 is 2.71 bits per heavy atom. The molecule has 1 aromatic heterocycles. The maximum Gasteiger partial charge on any atom is 0.165 e. The zero-order valence-electron chi connectivity index (χ0n) is 15.2. The van der Waals surface area contributed by atoms with Gasteiger partial charge in [-0.1, -0.05) is 31.5 Å². The van der Waals surface area contributed by atoms with Gasteiger partial charge in [-0.2, -0.15) is 0 Å². The molecular weight excluding hydrogens is 300 g/mol. The third-order valence-corrected chi connectivity index (χ3v) is 4.27. The minimum Gasteiger partial charge on any atom is -0.493 e. The summed E-state index contributed by atoms with van der Waals surface area (Å²) in [5.74, 6) is 1.66. The summed E-state index contributed by atoms with van der Waals surface area (Å²) in [7, 11) is 3.81. The largest absolute Gasteiger partial charge is 0.493 e. The lowest BCUT2D eigenvalue weighted by Gasteiger charge is -2.26. The fourth-order valence-corrected chi connectivity index (χ4v) is 2.61. The maximum absolute atomic E-state index is 6.02. The molecule has 0 bridgehead atoms. The Morgan fingerprint density at radius 2 is 2.04 bits per heavy atom. The van der Waals surface area contributed by atoms with Gasteiger partial charge in [-0.3, -0.25) is 9.88 Å². The van der Waals surface area contributed by atoms with Gasteiger partial charge in [-0.05, 0) is 38.1 Å². The molecule has 0 spiro atoms.